The fraction of sp³-hybridized carbons (Fsp3) is 0.200. The van der Waals surface area contributed by atoms with E-state index in [1.807, 2.05) is 19.9 Å². The Kier molecular flexibility index (Phi) is 5.02. The van der Waals surface area contributed by atoms with Gasteiger partial charge in [-0.2, -0.15) is 0 Å². The molecule has 3 rings (SSSR count). The fourth-order valence-electron chi connectivity index (χ4n) is 2.80. The predicted molar refractivity (Wildman–Crippen MR) is 100 cm³/mol. The second-order valence-electron chi connectivity index (χ2n) is 5.78. The summed E-state index contributed by atoms with van der Waals surface area (Å²) >= 11 is 0. The van der Waals surface area contributed by atoms with Crippen molar-refractivity contribution in [2.24, 2.45) is 0 Å². The van der Waals surface area contributed by atoms with Gasteiger partial charge in [0.05, 0.1) is 5.69 Å². The number of fused-ring (bicyclic) bond motifs is 1. The van der Waals surface area contributed by atoms with Crippen molar-refractivity contribution < 1.29 is 13.6 Å². The largest absolute Gasteiger partial charge is 0.422 e. The second kappa shape index (κ2) is 7.39. The third kappa shape index (κ3) is 3.44. The van der Waals surface area contributed by atoms with Crippen LogP contribution in [0.2, 0.25) is 0 Å². The highest BCUT2D eigenvalue weighted by Gasteiger charge is 2.16. The van der Waals surface area contributed by atoms with E-state index in [-0.39, 0.29) is 11.3 Å². The first-order valence-electron chi connectivity index (χ1n) is 8.42. The van der Waals surface area contributed by atoms with E-state index in [0.717, 1.165) is 18.8 Å². The average Bonchev–Trinajstić information content (AvgIpc) is 2.64. The zero-order valence-corrected chi connectivity index (χ0v) is 14.6. The molecule has 0 saturated heterocycles. The van der Waals surface area contributed by atoms with Crippen LogP contribution in [0.25, 0.3) is 11.0 Å². The summed E-state index contributed by atoms with van der Waals surface area (Å²) in [7, 11) is 0. The molecule has 0 aliphatic rings. The molecule has 1 amide bonds. The molecule has 0 saturated carbocycles. The maximum absolute atomic E-state index is 13.7. The number of hydrogen-bond acceptors (Lipinski definition) is 4. The van der Waals surface area contributed by atoms with Crippen LogP contribution >= 0.6 is 0 Å². The van der Waals surface area contributed by atoms with E-state index in [0.29, 0.717) is 11.0 Å². The van der Waals surface area contributed by atoms with Crippen LogP contribution in [0.3, 0.4) is 0 Å². The lowest BCUT2D eigenvalue weighted by molar-refractivity contribution is 0.102. The molecular weight excluding hydrogens is 335 g/mol. The highest BCUT2D eigenvalue weighted by atomic mass is 19.1. The van der Waals surface area contributed by atoms with Crippen LogP contribution in [0.1, 0.15) is 24.2 Å². The van der Waals surface area contributed by atoms with Crippen LogP contribution in [0.15, 0.2) is 57.7 Å². The highest BCUT2D eigenvalue weighted by molar-refractivity contribution is 6.05. The summed E-state index contributed by atoms with van der Waals surface area (Å²) in [5, 5.41) is 3.02. The van der Waals surface area contributed by atoms with Crippen LogP contribution in [0, 0.1) is 5.82 Å². The minimum atomic E-state index is -0.761. The van der Waals surface area contributed by atoms with Gasteiger partial charge in [-0.05, 0) is 44.2 Å². The molecular formula is C20H19FN2O3. The van der Waals surface area contributed by atoms with Crippen molar-refractivity contribution in [1.82, 2.24) is 0 Å². The molecule has 6 heteroatoms. The SMILES string of the molecule is CCN(CC)c1ccc2cc(C(=O)Nc3ccccc3F)c(=O)oc2c1. The number of para-hydroxylation sites is 1. The summed E-state index contributed by atoms with van der Waals surface area (Å²) in [5.41, 5.74) is 0.421. The zero-order valence-electron chi connectivity index (χ0n) is 14.6. The maximum atomic E-state index is 13.7. The summed E-state index contributed by atoms with van der Waals surface area (Å²) in [4.78, 5) is 26.7. The topological polar surface area (TPSA) is 62.6 Å². The van der Waals surface area contributed by atoms with Gasteiger partial charge < -0.3 is 14.6 Å². The Bertz CT molecular complexity index is 1010. The number of hydrogen-bond donors (Lipinski definition) is 1. The van der Waals surface area contributed by atoms with Crippen molar-refractivity contribution in [3.8, 4) is 0 Å². The quantitative estimate of drug-likeness (QED) is 0.703. The van der Waals surface area contributed by atoms with E-state index in [4.69, 9.17) is 4.42 Å². The summed E-state index contributed by atoms with van der Waals surface area (Å²) < 4.78 is 19.0. The molecule has 0 bridgehead atoms. The van der Waals surface area contributed by atoms with Crippen molar-refractivity contribution >= 4 is 28.3 Å². The van der Waals surface area contributed by atoms with Crippen LogP contribution in [0.4, 0.5) is 15.8 Å². The Morgan fingerprint density at radius 1 is 1.12 bits per heavy atom. The molecule has 0 aliphatic carbocycles. The van der Waals surface area contributed by atoms with Gasteiger partial charge in [0.25, 0.3) is 5.91 Å². The normalized spacial score (nSPS) is 10.7. The molecule has 0 radical (unpaired) electrons. The van der Waals surface area contributed by atoms with Gasteiger partial charge >= 0.3 is 5.63 Å². The molecule has 3 aromatic rings. The van der Waals surface area contributed by atoms with Gasteiger partial charge in [-0.25, -0.2) is 9.18 Å². The number of amides is 1. The predicted octanol–water partition coefficient (Wildman–Crippen LogP) is 4.03. The highest BCUT2D eigenvalue weighted by Crippen LogP contribution is 2.22. The van der Waals surface area contributed by atoms with Crippen molar-refractivity contribution in [3.63, 3.8) is 0 Å². The van der Waals surface area contributed by atoms with E-state index >= 15 is 0 Å². The monoisotopic (exact) mass is 354 g/mol. The summed E-state index contributed by atoms with van der Waals surface area (Å²) in [5.74, 6) is -1.28. The summed E-state index contributed by atoms with van der Waals surface area (Å²) in [6.07, 6.45) is 0. The van der Waals surface area contributed by atoms with Gasteiger partial charge in [-0.15, -0.1) is 0 Å². The molecule has 1 heterocycles. The van der Waals surface area contributed by atoms with E-state index in [1.165, 1.54) is 24.3 Å². The lowest BCUT2D eigenvalue weighted by Crippen LogP contribution is -2.22. The third-order valence-corrected chi connectivity index (χ3v) is 4.21. The Balaban J connectivity index is 1.96. The average molecular weight is 354 g/mol. The lowest BCUT2D eigenvalue weighted by Gasteiger charge is -2.21. The van der Waals surface area contributed by atoms with Crippen molar-refractivity contribution in [2.75, 3.05) is 23.3 Å². The minimum absolute atomic E-state index is 0.00822. The Hall–Kier alpha value is -3.15. The van der Waals surface area contributed by atoms with E-state index in [9.17, 15) is 14.0 Å². The molecule has 0 unspecified atom stereocenters. The molecule has 1 N–H and O–H groups in total. The summed E-state index contributed by atoms with van der Waals surface area (Å²) in [6, 6.07) is 12.7. The molecule has 2 aromatic carbocycles. The van der Waals surface area contributed by atoms with Gasteiger partial charge in [-0.3, -0.25) is 4.79 Å². The number of nitrogens with zero attached hydrogens (tertiary/aromatic N) is 1. The number of anilines is 2. The van der Waals surface area contributed by atoms with Crippen LogP contribution in [-0.2, 0) is 0 Å². The number of nitrogens with one attached hydrogen (secondary N) is 1. The second-order valence-corrected chi connectivity index (χ2v) is 5.78. The number of benzene rings is 2. The summed E-state index contributed by atoms with van der Waals surface area (Å²) in [6.45, 7) is 5.74. The Labute approximate surface area is 150 Å². The number of rotatable bonds is 5. The van der Waals surface area contributed by atoms with E-state index in [1.54, 1.807) is 18.2 Å². The van der Waals surface area contributed by atoms with Gasteiger partial charge in [0.2, 0.25) is 0 Å². The number of carbonyl (C=O) groups is 1. The first-order chi connectivity index (χ1) is 12.5. The van der Waals surface area contributed by atoms with Crippen LogP contribution < -0.4 is 15.8 Å². The van der Waals surface area contributed by atoms with Crippen molar-refractivity contribution in [3.05, 3.63) is 70.3 Å². The minimum Gasteiger partial charge on any atom is -0.422 e. The molecule has 1 aromatic heterocycles. The first-order valence-corrected chi connectivity index (χ1v) is 8.42. The van der Waals surface area contributed by atoms with E-state index in [2.05, 4.69) is 10.2 Å². The maximum Gasteiger partial charge on any atom is 0.349 e. The lowest BCUT2D eigenvalue weighted by atomic mass is 10.1. The van der Waals surface area contributed by atoms with Crippen molar-refractivity contribution in [2.45, 2.75) is 13.8 Å². The molecule has 0 fully saturated rings. The molecule has 134 valence electrons. The Morgan fingerprint density at radius 2 is 1.85 bits per heavy atom. The first kappa shape index (κ1) is 17.7. The van der Waals surface area contributed by atoms with Crippen LogP contribution in [-0.4, -0.2) is 19.0 Å². The molecule has 5 nitrogen and oxygen atoms in total. The van der Waals surface area contributed by atoms with Gasteiger partial charge in [0.1, 0.15) is 17.0 Å². The number of halogens is 1. The smallest absolute Gasteiger partial charge is 0.349 e. The molecule has 0 spiro atoms. The number of carbonyl (C=O) groups excluding carboxylic acids is 1. The van der Waals surface area contributed by atoms with Crippen LogP contribution in [0.5, 0.6) is 0 Å². The zero-order chi connectivity index (χ0) is 18.7. The molecule has 0 aliphatic heterocycles. The standard InChI is InChI=1S/C20H19FN2O3/c1-3-23(4-2)14-10-9-13-11-15(20(25)26-18(13)12-14)19(24)22-17-8-6-5-7-16(17)21/h5-12H,3-4H2,1-2H3,(H,22,24). The van der Waals surface area contributed by atoms with Crippen molar-refractivity contribution in [1.29, 1.82) is 0 Å². The van der Waals surface area contributed by atoms with Gasteiger partial charge in [0.15, 0.2) is 0 Å². The molecule has 26 heavy (non-hydrogen) atoms. The fourth-order valence-corrected chi connectivity index (χ4v) is 2.80. The van der Waals surface area contributed by atoms with Gasteiger partial charge in [-0.1, -0.05) is 12.1 Å². The van der Waals surface area contributed by atoms with E-state index < -0.39 is 17.3 Å². The third-order valence-electron chi connectivity index (χ3n) is 4.21. The Morgan fingerprint density at radius 3 is 2.54 bits per heavy atom. The van der Waals surface area contributed by atoms with Gasteiger partial charge in [0, 0.05) is 30.2 Å². The molecule has 0 atom stereocenters.